The lowest BCUT2D eigenvalue weighted by molar-refractivity contribution is -0.139. The molecule has 0 aliphatic rings. The van der Waals surface area contributed by atoms with Crippen molar-refractivity contribution in [3.63, 3.8) is 0 Å². The average Bonchev–Trinajstić information content (AvgIpc) is 2.28. The van der Waals surface area contributed by atoms with E-state index in [9.17, 15) is 13.6 Å². The molecule has 88 valence electrons. The Hall–Kier alpha value is -1.56. The second-order valence-corrected chi connectivity index (χ2v) is 3.10. The van der Waals surface area contributed by atoms with Gasteiger partial charge in [0.2, 0.25) is 0 Å². The Bertz CT molecular complexity index is 383. The lowest BCUT2D eigenvalue weighted by atomic mass is 10.1. The smallest absolute Gasteiger partial charge is 0.311 e. The van der Waals surface area contributed by atoms with Gasteiger partial charge in [-0.2, -0.15) is 0 Å². The summed E-state index contributed by atoms with van der Waals surface area (Å²) >= 11 is 0. The molecule has 1 aromatic rings. The van der Waals surface area contributed by atoms with Gasteiger partial charge < -0.3 is 10.5 Å². The van der Waals surface area contributed by atoms with Crippen molar-refractivity contribution in [1.82, 2.24) is 4.98 Å². The van der Waals surface area contributed by atoms with Crippen LogP contribution in [-0.2, 0) is 22.5 Å². The number of aromatic nitrogens is 1. The van der Waals surface area contributed by atoms with Crippen molar-refractivity contribution in [3.05, 3.63) is 29.1 Å². The third-order valence-electron chi connectivity index (χ3n) is 2.07. The number of rotatable bonds is 4. The second kappa shape index (κ2) is 5.50. The maximum Gasteiger partial charge on any atom is 0.311 e. The van der Waals surface area contributed by atoms with Crippen molar-refractivity contribution in [3.8, 4) is 0 Å². The predicted molar refractivity (Wildman–Crippen MR) is 52.8 cm³/mol. The number of carbonyl (C=O) groups is 1. The first-order valence-electron chi connectivity index (χ1n) is 4.62. The van der Waals surface area contributed by atoms with E-state index in [1.807, 2.05) is 0 Å². The molecular formula is C10H12F2N2O2. The van der Waals surface area contributed by atoms with Gasteiger partial charge in [0.15, 0.2) is 0 Å². The number of pyridine rings is 1. The number of ether oxygens (including phenoxy) is 1. The van der Waals surface area contributed by atoms with E-state index in [2.05, 4.69) is 9.72 Å². The standard InChI is InChI=1S/C10H12F2N2O2/c1-16-9(15)4-8-6(5-13)2-3-7(14-8)10(11)12/h2-3,10H,4-5,13H2,1H3. The Labute approximate surface area is 91.4 Å². The zero-order valence-corrected chi connectivity index (χ0v) is 8.74. The molecule has 0 bridgehead atoms. The van der Waals surface area contributed by atoms with Gasteiger partial charge in [0.05, 0.1) is 19.2 Å². The summed E-state index contributed by atoms with van der Waals surface area (Å²) < 4.78 is 29.2. The van der Waals surface area contributed by atoms with E-state index in [1.165, 1.54) is 19.2 Å². The van der Waals surface area contributed by atoms with Crippen LogP contribution in [0.2, 0.25) is 0 Å². The fourth-order valence-electron chi connectivity index (χ4n) is 1.22. The van der Waals surface area contributed by atoms with Gasteiger partial charge in [0, 0.05) is 6.54 Å². The van der Waals surface area contributed by atoms with Crippen LogP contribution in [0.3, 0.4) is 0 Å². The number of methoxy groups -OCH3 is 1. The minimum Gasteiger partial charge on any atom is -0.469 e. The molecule has 6 heteroatoms. The fourth-order valence-corrected chi connectivity index (χ4v) is 1.22. The van der Waals surface area contributed by atoms with E-state index in [-0.39, 0.29) is 24.4 Å². The first-order chi connectivity index (χ1) is 7.58. The number of alkyl halides is 2. The van der Waals surface area contributed by atoms with Gasteiger partial charge in [-0.3, -0.25) is 9.78 Å². The highest BCUT2D eigenvalue weighted by Gasteiger charge is 2.14. The fraction of sp³-hybridized carbons (Fsp3) is 0.400. The molecule has 0 saturated heterocycles. The van der Waals surface area contributed by atoms with Gasteiger partial charge in [-0.15, -0.1) is 0 Å². The number of esters is 1. The largest absolute Gasteiger partial charge is 0.469 e. The summed E-state index contributed by atoms with van der Waals surface area (Å²) in [5, 5.41) is 0. The van der Waals surface area contributed by atoms with Gasteiger partial charge in [0.1, 0.15) is 5.69 Å². The Morgan fingerprint density at radius 2 is 2.25 bits per heavy atom. The highest BCUT2D eigenvalue weighted by molar-refractivity contribution is 5.72. The topological polar surface area (TPSA) is 65.2 Å². The van der Waals surface area contributed by atoms with Gasteiger partial charge in [-0.1, -0.05) is 6.07 Å². The first kappa shape index (κ1) is 12.5. The normalized spacial score (nSPS) is 10.6. The molecule has 0 aromatic carbocycles. The van der Waals surface area contributed by atoms with Crippen LogP contribution in [0.1, 0.15) is 23.4 Å². The molecule has 1 aromatic heterocycles. The van der Waals surface area contributed by atoms with E-state index in [0.717, 1.165) is 0 Å². The summed E-state index contributed by atoms with van der Waals surface area (Å²) in [6.45, 7) is 0.142. The molecule has 0 aliphatic carbocycles. The van der Waals surface area contributed by atoms with E-state index in [0.29, 0.717) is 5.56 Å². The molecule has 2 N–H and O–H groups in total. The summed E-state index contributed by atoms with van der Waals surface area (Å²) in [5.41, 5.74) is 5.86. The molecule has 4 nitrogen and oxygen atoms in total. The number of nitrogens with two attached hydrogens (primary N) is 1. The summed E-state index contributed by atoms with van der Waals surface area (Å²) in [4.78, 5) is 14.7. The molecule has 0 fully saturated rings. The Morgan fingerprint density at radius 3 is 2.75 bits per heavy atom. The van der Waals surface area contributed by atoms with Crippen molar-refractivity contribution in [1.29, 1.82) is 0 Å². The van der Waals surface area contributed by atoms with Crippen LogP contribution >= 0.6 is 0 Å². The molecular weight excluding hydrogens is 218 g/mol. The summed E-state index contributed by atoms with van der Waals surface area (Å²) in [6, 6.07) is 2.65. The number of hydrogen-bond donors (Lipinski definition) is 1. The van der Waals surface area contributed by atoms with Gasteiger partial charge >= 0.3 is 5.97 Å². The molecule has 0 atom stereocenters. The lowest BCUT2D eigenvalue weighted by Gasteiger charge is -2.08. The number of halogens is 2. The van der Waals surface area contributed by atoms with E-state index < -0.39 is 12.4 Å². The quantitative estimate of drug-likeness (QED) is 0.789. The van der Waals surface area contributed by atoms with E-state index in [1.54, 1.807) is 0 Å². The molecule has 0 radical (unpaired) electrons. The van der Waals surface area contributed by atoms with Crippen LogP contribution in [0.25, 0.3) is 0 Å². The molecule has 0 aliphatic heterocycles. The van der Waals surface area contributed by atoms with Crippen molar-refractivity contribution >= 4 is 5.97 Å². The summed E-state index contributed by atoms with van der Waals surface area (Å²) in [6.07, 6.45) is -2.81. The van der Waals surface area contributed by atoms with Crippen molar-refractivity contribution in [2.24, 2.45) is 5.73 Å². The summed E-state index contributed by atoms with van der Waals surface area (Å²) in [7, 11) is 1.22. The second-order valence-electron chi connectivity index (χ2n) is 3.10. The first-order valence-corrected chi connectivity index (χ1v) is 4.62. The monoisotopic (exact) mass is 230 g/mol. The van der Waals surface area contributed by atoms with E-state index >= 15 is 0 Å². The Kier molecular flexibility index (Phi) is 4.30. The molecule has 0 spiro atoms. The molecule has 1 rings (SSSR count). The molecule has 0 saturated carbocycles. The SMILES string of the molecule is COC(=O)Cc1nc(C(F)F)ccc1CN. The van der Waals surface area contributed by atoms with Crippen LogP contribution in [-0.4, -0.2) is 18.1 Å². The van der Waals surface area contributed by atoms with Crippen LogP contribution in [0.15, 0.2) is 12.1 Å². The molecule has 0 amide bonds. The molecule has 1 heterocycles. The van der Waals surface area contributed by atoms with Gasteiger partial charge in [0.25, 0.3) is 6.43 Å². The zero-order valence-electron chi connectivity index (χ0n) is 8.74. The summed E-state index contributed by atoms with van der Waals surface area (Å²) in [5.74, 6) is -0.534. The molecule has 16 heavy (non-hydrogen) atoms. The maximum atomic E-state index is 12.4. The van der Waals surface area contributed by atoms with Gasteiger partial charge in [-0.05, 0) is 11.6 Å². The van der Waals surface area contributed by atoms with Gasteiger partial charge in [-0.25, -0.2) is 8.78 Å². The number of nitrogens with zero attached hydrogens (tertiary/aromatic N) is 1. The Morgan fingerprint density at radius 1 is 1.56 bits per heavy atom. The van der Waals surface area contributed by atoms with Crippen LogP contribution in [0, 0.1) is 0 Å². The van der Waals surface area contributed by atoms with E-state index in [4.69, 9.17) is 5.73 Å². The minimum atomic E-state index is -2.66. The predicted octanol–water partition coefficient (Wildman–Crippen LogP) is 1.19. The minimum absolute atomic E-state index is 0.142. The number of hydrogen-bond acceptors (Lipinski definition) is 4. The maximum absolute atomic E-state index is 12.4. The average molecular weight is 230 g/mol. The molecule has 0 unspecified atom stereocenters. The third-order valence-corrected chi connectivity index (χ3v) is 2.07. The third kappa shape index (κ3) is 2.96. The van der Waals surface area contributed by atoms with Crippen LogP contribution in [0.4, 0.5) is 8.78 Å². The Balaban J connectivity index is 3.02. The zero-order chi connectivity index (χ0) is 12.1. The van der Waals surface area contributed by atoms with Crippen molar-refractivity contribution in [2.45, 2.75) is 19.4 Å². The van der Waals surface area contributed by atoms with Crippen molar-refractivity contribution in [2.75, 3.05) is 7.11 Å². The van der Waals surface area contributed by atoms with Crippen LogP contribution < -0.4 is 5.73 Å². The lowest BCUT2D eigenvalue weighted by Crippen LogP contribution is -2.12. The highest BCUT2D eigenvalue weighted by atomic mass is 19.3. The van der Waals surface area contributed by atoms with Crippen molar-refractivity contribution < 1.29 is 18.3 Å². The highest BCUT2D eigenvalue weighted by Crippen LogP contribution is 2.18. The number of carbonyl (C=O) groups excluding carboxylic acids is 1. The van der Waals surface area contributed by atoms with Crippen LogP contribution in [0.5, 0.6) is 0 Å².